The maximum atomic E-state index is 11.9. The van der Waals surface area contributed by atoms with Crippen molar-refractivity contribution in [3.8, 4) is 0 Å². The molecule has 0 aliphatic heterocycles. The van der Waals surface area contributed by atoms with Crippen molar-refractivity contribution in [2.45, 2.75) is 46.1 Å². The zero-order valence-electron chi connectivity index (χ0n) is 12.6. The summed E-state index contributed by atoms with van der Waals surface area (Å²) in [4.78, 5) is 25.2. The second kappa shape index (κ2) is 6.55. The number of likely N-dealkylation sites (N-methyl/N-ethyl adjacent to an activating group) is 1. The number of amides is 1. The van der Waals surface area contributed by atoms with Gasteiger partial charge in [0.05, 0.1) is 0 Å². The van der Waals surface area contributed by atoms with E-state index in [2.05, 4.69) is 0 Å². The summed E-state index contributed by atoms with van der Waals surface area (Å²) in [5.41, 5.74) is 0.518. The van der Waals surface area contributed by atoms with Crippen molar-refractivity contribution in [1.29, 1.82) is 0 Å². The summed E-state index contributed by atoms with van der Waals surface area (Å²) >= 11 is 0. The van der Waals surface area contributed by atoms with E-state index in [1.807, 2.05) is 31.2 Å². The third kappa shape index (κ3) is 2.69. The molecule has 0 heterocycles. The molecule has 0 bridgehead atoms. The van der Waals surface area contributed by atoms with Gasteiger partial charge in [0.2, 0.25) is 5.91 Å². The number of benzene rings is 1. The van der Waals surface area contributed by atoms with Crippen LogP contribution < -0.4 is 0 Å². The third-order valence-electron chi connectivity index (χ3n) is 3.86. The summed E-state index contributed by atoms with van der Waals surface area (Å²) in [7, 11) is 0. The molecule has 0 aromatic heterocycles. The average molecular weight is 277 g/mol. The molecule has 1 N–H and O–H groups in total. The number of carbonyl (C=O) groups is 2. The van der Waals surface area contributed by atoms with E-state index in [9.17, 15) is 14.7 Å². The molecule has 0 radical (unpaired) electrons. The van der Waals surface area contributed by atoms with Crippen LogP contribution in [0.15, 0.2) is 24.3 Å². The van der Waals surface area contributed by atoms with Crippen LogP contribution in [0.2, 0.25) is 0 Å². The lowest BCUT2D eigenvalue weighted by Crippen LogP contribution is -2.53. The molecule has 20 heavy (non-hydrogen) atoms. The molecule has 0 aliphatic carbocycles. The van der Waals surface area contributed by atoms with E-state index < -0.39 is 11.5 Å². The molecule has 1 amide bonds. The van der Waals surface area contributed by atoms with Gasteiger partial charge in [0.15, 0.2) is 5.54 Å². The molecule has 1 rings (SSSR count). The van der Waals surface area contributed by atoms with Crippen LogP contribution in [0.3, 0.4) is 0 Å². The van der Waals surface area contributed by atoms with Crippen molar-refractivity contribution in [2.75, 3.05) is 6.54 Å². The first-order valence-corrected chi connectivity index (χ1v) is 7.05. The maximum absolute atomic E-state index is 11.9. The van der Waals surface area contributed by atoms with Crippen molar-refractivity contribution in [3.05, 3.63) is 35.4 Å². The summed E-state index contributed by atoms with van der Waals surface area (Å²) in [6, 6.07) is 7.50. The van der Waals surface area contributed by atoms with E-state index in [-0.39, 0.29) is 5.91 Å². The molecule has 1 aromatic carbocycles. The fraction of sp³-hybridized carbons (Fsp3) is 0.500. The van der Waals surface area contributed by atoms with Gasteiger partial charge in [-0.3, -0.25) is 4.79 Å². The molecule has 0 fully saturated rings. The van der Waals surface area contributed by atoms with Crippen molar-refractivity contribution < 1.29 is 14.7 Å². The fourth-order valence-electron chi connectivity index (χ4n) is 2.72. The molecule has 1 aromatic rings. The number of aryl methyl sites for hydroxylation is 1. The van der Waals surface area contributed by atoms with Crippen LogP contribution in [0.4, 0.5) is 0 Å². The van der Waals surface area contributed by atoms with Crippen molar-refractivity contribution in [1.82, 2.24) is 4.90 Å². The van der Waals surface area contributed by atoms with Gasteiger partial charge in [0, 0.05) is 13.5 Å². The van der Waals surface area contributed by atoms with Crippen LogP contribution in [0.1, 0.15) is 45.2 Å². The monoisotopic (exact) mass is 277 g/mol. The van der Waals surface area contributed by atoms with Gasteiger partial charge in [-0.15, -0.1) is 0 Å². The topological polar surface area (TPSA) is 57.6 Å². The molecular weight excluding hydrogens is 254 g/mol. The first-order valence-electron chi connectivity index (χ1n) is 7.05. The lowest BCUT2D eigenvalue weighted by atomic mass is 9.84. The number of rotatable bonds is 6. The zero-order chi connectivity index (χ0) is 15.3. The Hall–Kier alpha value is -1.84. The molecule has 0 spiro atoms. The van der Waals surface area contributed by atoms with E-state index in [4.69, 9.17) is 0 Å². The Morgan fingerprint density at radius 2 is 1.70 bits per heavy atom. The van der Waals surface area contributed by atoms with Crippen molar-refractivity contribution >= 4 is 11.9 Å². The first-order chi connectivity index (χ1) is 9.43. The standard InChI is InChI=1S/C16H23NO3/c1-5-13-8-10-14(11-9-13)16(6-2,15(19)20)17(7-3)12(4)18/h8-11H,5-7H2,1-4H3,(H,19,20). The first kappa shape index (κ1) is 16.2. The predicted molar refractivity (Wildman–Crippen MR) is 78.5 cm³/mol. The Morgan fingerprint density at radius 3 is 2.00 bits per heavy atom. The molecule has 1 atom stereocenters. The summed E-state index contributed by atoms with van der Waals surface area (Å²) in [5, 5.41) is 9.76. The fourth-order valence-corrected chi connectivity index (χ4v) is 2.72. The smallest absolute Gasteiger partial charge is 0.334 e. The quantitative estimate of drug-likeness (QED) is 0.870. The van der Waals surface area contributed by atoms with Gasteiger partial charge in [-0.1, -0.05) is 38.1 Å². The SMILES string of the molecule is CCc1ccc(C(CC)(C(=O)O)N(CC)C(C)=O)cc1. The van der Waals surface area contributed by atoms with Crippen molar-refractivity contribution in [2.24, 2.45) is 0 Å². The van der Waals surface area contributed by atoms with Gasteiger partial charge in [-0.2, -0.15) is 0 Å². The lowest BCUT2D eigenvalue weighted by molar-refractivity contribution is -0.159. The van der Waals surface area contributed by atoms with E-state index in [1.54, 1.807) is 13.8 Å². The highest BCUT2D eigenvalue weighted by Gasteiger charge is 2.45. The van der Waals surface area contributed by atoms with Gasteiger partial charge in [0.25, 0.3) is 0 Å². The van der Waals surface area contributed by atoms with Gasteiger partial charge in [-0.05, 0) is 30.9 Å². The molecule has 0 aliphatic rings. The van der Waals surface area contributed by atoms with Gasteiger partial charge in [0.1, 0.15) is 0 Å². The van der Waals surface area contributed by atoms with Crippen LogP contribution in [0, 0.1) is 0 Å². The number of nitrogens with zero attached hydrogens (tertiary/aromatic N) is 1. The minimum atomic E-state index is -1.28. The number of aliphatic carboxylic acids is 1. The molecule has 0 saturated heterocycles. The van der Waals surface area contributed by atoms with E-state index in [1.165, 1.54) is 11.8 Å². The summed E-state index contributed by atoms with van der Waals surface area (Å²) < 4.78 is 0. The van der Waals surface area contributed by atoms with Gasteiger partial charge < -0.3 is 10.0 Å². The molecule has 4 heteroatoms. The van der Waals surface area contributed by atoms with Crippen LogP contribution >= 0.6 is 0 Å². The Bertz CT molecular complexity index is 481. The molecule has 110 valence electrons. The Morgan fingerprint density at radius 1 is 1.15 bits per heavy atom. The summed E-state index contributed by atoms with van der Waals surface area (Å²) in [5.74, 6) is -1.21. The maximum Gasteiger partial charge on any atom is 0.334 e. The summed E-state index contributed by atoms with van der Waals surface area (Å²) in [6.07, 6.45) is 1.23. The minimum Gasteiger partial charge on any atom is -0.479 e. The number of carboxylic acids is 1. The van der Waals surface area contributed by atoms with E-state index in [0.717, 1.165) is 12.0 Å². The average Bonchev–Trinajstić information content (AvgIpc) is 2.44. The van der Waals surface area contributed by atoms with Gasteiger partial charge in [-0.25, -0.2) is 4.79 Å². The van der Waals surface area contributed by atoms with Gasteiger partial charge >= 0.3 is 5.97 Å². The van der Waals surface area contributed by atoms with Crippen LogP contribution in [-0.4, -0.2) is 28.4 Å². The highest BCUT2D eigenvalue weighted by molar-refractivity contribution is 5.87. The Labute approximate surface area is 120 Å². The van der Waals surface area contributed by atoms with E-state index >= 15 is 0 Å². The largest absolute Gasteiger partial charge is 0.479 e. The number of hydrogen-bond acceptors (Lipinski definition) is 2. The molecule has 0 saturated carbocycles. The second-order valence-electron chi connectivity index (χ2n) is 4.83. The number of carbonyl (C=O) groups excluding carboxylic acids is 1. The molecular formula is C16H23NO3. The minimum absolute atomic E-state index is 0.226. The summed E-state index contributed by atoms with van der Waals surface area (Å²) in [6.45, 7) is 7.43. The Balaban J connectivity index is 3.43. The van der Waals surface area contributed by atoms with Crippen LogP contribution in [-0.2, 0) is 21.5 Å². The molecule has 1 unspecified atom stereocenters. The Kier molecular flexibility index (Phi) is 5.31. The highest BCUT2D eigenvalue weighted by atomic mass is 16.4. The van der Waals surface area contributed by atoms with Crippen LogP contribution in [0.5, 0.6) is 0 Å². The molecule has 4 nitrogen and oxygen atoms in total. The highest BCUT2D eigenvalue weighted by Crippen LogP contribution is 2.33. The zero-order valence-corrected chi connectivity index (χ0v) is 12.6. The predicted octanol–water partition coefficient (Wildman–Crippen LogP) is 2.81. The van der Waals surface area contributed by atoms with E-state index in [0.29, 0.717) is 18.5 Å². The second-order valence-corrected chi connectivity index (χ2v) is 4.83. The lowest BCUT2D eigenvalue weighted by Gasteiger charge is -2.39. The van der Waals surface area contributed by atoms with Crippen LogP contribution in [0.25, 0.3) is 0 Å². The third-order valence-corrected chi connectivity index (χ3v) is 3.86. The normalized spacial score (nSPS) is 13.6. The number of hydrogen-bond donors (Lipinski definition) is 1. The van der Waals surface area contributed by atoms with Crippen molar-refractivity contribution in [3.63, 3.8) is 0 Å². The number of carboxylic acid groups (broad SMARTS) is 1.